The van der Waals surface area contributed by atoms with E-state index in [0.717, 1.165) is 37.2 Å². The molecule has 2 amide bonds. The van der Waals surface area contributed by atoms with Crippen molar-refractivity contribution in [1.29, 1.82) is 0 Å². The second kappa shape index (κ2) is 7.29. The molecule has 0 aromatic carbocycles. The number of hydrogen-bond acceptors (Lipinski definition) is 4. The zero-order chi connectivity index (χ0) is 18.9. The van der Waals surface area contributed by atoms with Gasteiger partial charge in [-0.1, -0.05) is 12.8 Å². The van der Waals surface area contributed by atoms with Crippen molar-refractivity contribution in [2.45, 2.75) is 65.0 Å². The van der Waals surface area contributed by atoms with Gasteiger partial charge in [-0.05, 0) is 33.6 Å². The summed E-state index contributed by atoms with van der Waals surface area (Å²) in [5, 5.41) is 4.55. The van der Waals surface area contributed by atoms with Crippen LogP contribution in [0.1, 0.15) is 68.2 Å². The lowest BCUT2D eigenvalue weighted by atomic mass is 10.0. The maximum Gasteiger partial charge on any atom is 0.410 e. The first-order valence-electron chi connectivity index (χ1n) is 9.58. The van der Waals surface area contributed by atoms with E-state index in [1.165, 1.54) is 12.8 Å². The summed E-state index contributed by atoms with van der Waals surface area (Å²) in [5.41, 5.74) is 1.89. The Morgan fingerprint density at radius 3 is 2.27 bits per heavy atom. The summed E-state index contributed by atoms with van der Waals surface area (Å²) in [6.45, 7) is 8.13. The van der Waals surface area contributed by atoms with Crippen LogP contribution in [-0.4, -0.2) is 56.8 Å². The molecular weight excluding hydrogens is 332 g/mol. The van der Waals surface area contributed by atoms with Crippen LogP contribution in [0.5, 0.6) is 0 Å². The summed E-state index contributed by atoms with van der Waals surface area (Å²) >= 11 is 0. The number of aromatic nitrogens is 2. The Hall–Kier alpha value is -2.05. The van der Waals surface area contributed by atoms with Gasteiger partial charge in [-0.25, -0.2) is 4.79 Å². The standard InChI is InChI=1S/C19H30N4O3/c1-19(2,3)26-18(25)23-12-9-15-14(13-23)16(21(4)20-15)17(24)22-10-7-5-6-8-11-22/h5-13H2,1-4H3. The van der Waals surface area contributed by atoms with Crippen LogP contribution < -0.4 is 0 Å². The van der Waals surface area contributed by atoms with E-state index < -0.39 is 5.60 Å². The summed E-state index contributed by atoms with van der Waals surface area (Å²) in [6.07, 6.45) is 4.78. The SMILES string of the molecule is Cn1nc2c(c1C(=O)N1CCCCCC1)CN(C(=O)OC(C)(C)C)CC2. The van der Waals surface area contributed by atoms with E-state index in [4.69, 9.17) is 4.74 Å². The predicted octanol–water partition coefficient (Wildman–Crippen LogP) is 2.73. The highest BCUT2D eigenvalue weighted by Crippen LogP contribution is 2.25. The Labute approximate surface area is 155 Å². The van der Waals surface area contributed by atoms with E-state index in [-0.39, 0.29) is 12.0 Å². The smallest absolute Gasteiger partial charge is 0.410 e. The quantitative estimate of drug-likeness (QED) is 0.770. The van der Waals surface area contributed by atoms with E-state index >= 15 is 0 Å². The van der Waals surface area contributed by atoms with Gasteiger partial charge in [-0.3, -0.25) is 9.48 Å². The number of aryl methyl sites for hydroxylation is 1. The highest BCUT2D eigenvalue weighted by atomic mass is 16.6. The minimum atomic E-state index is -0.531. The molecule has 0 radical (unpaired) electrons. The molecular formula is C19H30N4O3. The van der Waals surface area contributed by atoms with Gasteiger partial charge in [0.05, 0.1) is 12.2 Å². The van der Waals surface area contributed by atoms with E-state index in [0.29, 0.717) is 25.2 Å². The molecule has 2 aliphatic heterocycles. The van der Waals surface area contributed by atoms with Crippen molar-refractivity contribution >= 4 is 12.0 Å². The maximum atomic E-state index is 13.1. The molecule has 1 aromatic heterocycles. The third-order valence-electron chi connectivity index (χ3n) is 4.94. The van der Waals surface area contributed by atoms with Crippen molar-refractivity contribution in [2.24, 2.45) is 7.05 Å². The molecule has 2 aliphatic rings. The molecule has 7 heteroatoms. The molecule has 0 spiro atoms. The number of rotatable bonds is 1. The third kappa shape index (κ3) is 4.02. The van der Waals surface area contributed by atoms with Gasteiger partial charge in [0.2, 0.25) is 0 Å². The molecule has 0 bridgehead atoms. The van der Waals surface area contributed by atoms with E-state index in [1.54, 1.807) is 9.58 Å². The lowest BCUT2D eigenvalue weighted by Gasteiger charge is -2.30. The molecule has 0 atom stereocenters. The number of nitrogens with zero attached hydrogens (tertiary/aromatic N) is 4. The second-order valence-corrected chi connectivity index (χ2v) is 8.26. The van der Waals surface area contributed by atoms with Gasteiger partial charge >= 0.3 is 6.09 Å². The normalized spacial score (nSPS) is 18.3. The number of amides is 2. The van der Waals surface area contributed by atoms with Crippen LogP contribution >= 0.6 is 0 Å². The van der Waals surface area contributed by atoms with Crippen molar-refractivity contribution in [3.05, 3.63) is 17.0 Å². The molecule has 26 heavy (non-hydrogen) atoms. The summed E-state index contributed by atoms with van der Waals surface area (Å²) in [5.74, 6) is 0.0363. The van der Waals surface area contributed by atoms with Crippen LogP contribution in [-0.2, 0) is 24.8 Å². The first-order chi connectivity index (χ1) is 12.3. The third-order valence-corrected chi connectivity index (χ3v) is 4.94. The summed E-state index contributed by atoms with van der Waals surface area (Å²) in [7, 11) is 1.82. The first-order valence-corrected chi connectivity index (χ1v) is 9.58. The van der Waals surface area contributed by atoms with Gasteiger partial charge in [0.25, 0.3) is 5.91 Å². The van der Waals surface area contributed by atoms with Gasteiger partial charge in [0.1, 0.15) is 11.3 Å². The lowest BCUT2D eigenvalue weighted by molar-refractivity contribution is 0.0222. The molecule has 144 valence electrons. The second-order valence-electron chi connectivity index (χ2n) is 8.26. The van der Waals surface area contributed by atoms with E-state index in [1.807, 2.05) is 32.7 Å². The summed E-state index contributed by atoms with van der Waals surface area (Å²) in [4.78, 5) is 29.2. The van der Waals surface area contributed by atoms with Gasteiger partial charge in [0, 0.05) is 38.7 Å². The average molecular weight is 362 g/mol. The largest absolute Gasteiger partial charge is 0.444 e. The topological polar surface area (TPSA) is 67.7 Å². The van der Waals surface area contributed by atoms with Gasteiger partial charge in [-0.15, -0.1) is 0 Å². The van der Waals surface area contributed by atoms with Crippen molar-refractivity contribution < 1.29 is 14.3 Å². The minimum Gasteiger partial charge on any atom is -0.444 e. The molecule has 0 N–H and O–H groups in total. The van der Waals surface area contributed by atoms with Crippen LogP contribution in [0, 0.1) is 0 Å². The lowest BCUT2D eigenvalue weighted by Crippen LogP contribution is -2.40. The van der Waals surface area contributed by atoms with Crippen LogP contribution in [0.3, 0.4) is 0 Å². The first kappa shape index (κ1) is 18.7. The van der Waals surface area contributed by atoms with Crippen LogP contribution in [0.15, 0.2) is 0 Å². The molecule has 0 unspecified atom stereocenters. The molecule has 0 aliphatic carbocycles. The molecule has 3 rings (SSSR count). The molecule has 0 saturated carbocycles. The zero-order valence-electron chi connectivity index (χ0n) is 16.4. The Morgan fingerprint density at radius 2 is 1.65 bits per heavy atom. The van der Waals surface area contributed by atoms with Crippen molar-refractivity contribution in [1.82, 2.24) is 19.6 Å². The molecule has 1 saturated heterocycles. The number of fused-ring (bicyclic) bond motifs is 1. The predicted molar refractivity (Wildman–Crippen MR) is 97.9 cm³/mol. The minimum absolute atomic E-state index is 0.0363. The summed E-state index contributed by atoms with van der Waals surface area (Å²) < 4.78 is 7.19. The van der Waals surface area contributed by atoms with E-state index in [2.05, 4.69) is 5.10 Å². The molecule has 1 fully saturated rings. The monoisotopic (exact) mass is 362 g/mol. The van der Waals surface area contributed by atoms with Gasteiger partial charge in [0.15, 0.2) is 0 Å². The molecule has 1 aromatic rings. The Kier molecular flexibility index (Phi) is 5.25. The van der Waals surface area contributed by atoms with Crippen molar-refractivity contribution in [3.63, 3.8) is 0 Å². The summed E-state index contributed by atoms with van der Waals surface area (Å²) in [6, 6.07) is 0. The fraction of sp³-hybridized carbons (Fsp3) is 0.737. The fourth-order valence-corrected chi connectivity index (χ4v) is 3.67. The van der Waals surface area contributed by atoms with Crippen LogP contribution in [0.2, 0.25) is 0 Å². The number of hydrogen-bond donors (Lipinski definition) is 0. The van der Waals surface area contributed by atoms with Crippen LogP contribution in [0.4, 0.5) is 4.79 Å². The van der Waals surface area contributed by atoms with Gasteiger partial charge in [-0.2, -0.15) is 5.10 Å². The highest BCUT2D eigenvalue weighted by Gasteiger charge is 2.33. The van der Waals surface area contributed by atoms with Crippen molar-refractivity contribution in [2.75, 3.05) is 19.6 Å². The van der Waals surface area contributed by atoms with Gasteiger partial charge < -0.3 is 14.5 Å². The number of likely N-dealkylation sites (tertiary alicyclic amines) is 1. The number of carbonyl (C=O) groups is 2. The Morgan fingerprint density at radius 1 is 1.00 bits per heavy atom. The number of ether oxygens (including phenoxy) is 1. The Balaban J connectivity index is 1.81. The van der Waals surface area contributed by atoms with Crippen LogP contribution in [0.25, 0.3) is 0 Å². The zero-order valence-corrected chi connectivity index (χ0v) is 16.4. The highest BCUT2D eigenvalue weighted by molar-refractivity contribution is 5.94. The molecule has 7 nitrogen and oxygen atoms in total. The van der Waals surface area contributed by atoms with E-state index in [9.17, 15) is 9.59 Å². The Bertz CT molecular complexity index is 682. The average Bonchev–Trinajstić information content (AvgIpc) is 2.73. The van der Waals surface area contributed by atoms with Crippen molar-refractivity contribution in [3.8, 4) is 0 Å². The molecule has 3 heterocycles. The number of carbonyl (C=O) groups excluding carboxylic acids is 2. The maximum absolute atomic E-state index is 13.1. The fourth-order valence-electron chi connectivity index (χ4n) is 3.67.